The van der Waals surface area contributed by atoms with E-state index in [0.717, 1.165) is 26.9 Å². The number of nitrogens with zero attached hydrogens (tertiary/aromatic N) is 1. The van der Waals surface area contributed by atoms with Crippen molar-refractivity contribution in [1.82, 2.24) is 4.98 Å². The van der Waals surface area contributed by atoms with Gasteiger partial charge >= 0.3 is 0 Å². The molecule has 0 spiro atoms. The average molecular weight is 320 g/mol. The minimum atomic E-state index is -0.508. The summed E-state index contributed by atoms with van der Waals surface area (Å²) in [5, 5.41) is 10.3. The van der Waals surface area contributed by atoms with Gasteiger partial charge in [0.05, 0.1) is 6.10 Å². The van der Waals surface area contributed by atoms with Gasteiger partial charge in [-0.2, -0.15) is 0 Å². The molecule has 1 unspecified atom stereocenters. The topological polar surface area (TPSA) is 42.4 Å². The van der Waals surface area contributed by atoms with Crippen LogP contribution in [0.5, 0.6) is 5.75 Å². The standard InChI is InChI=1S/C15H14BrNO2/c1-9-4-5-17-8-12(9)15-7-13(18)11-6-10(16)2-3-14(11)19-15/h2-6,8,13,15,18H,7H2,1H3/t13-,15?/m0/s1. The van der Waals surface area contributed by atoms with Gasteiger partial charge in [0.1, 0.15) is 11.9 Å². The minimum Gasteiger partial charge on any atom is -0.485 e. The van der Waals surface area contributed by atoms with Crippen LogP contribution in [0.15, 0.2) is 41.1 Å². The Labute approximate surface area is 120 Å². The third-order valence-corrected chi connectivity index (χ3v) is 3.96. The van der Waals surface area contributed by atoms with E-state index in [-0.39, 0.29) is 6.10 Å². The lowest BCUT2D eigenvalue weighted by molar-refractivity contribution is 0.0652. The van der Waals surface area contributed by atoms with E-state index in [0.29, 0.717) is 6.42 Å². The number of halogens is 1. The largest absolute Gasteiger partial charge is 0.485 e. The summed E-state index contributed by atoms with van der Waals surface area (Å²) in [5.74, 6) is 0.746. The van der Waals surface area contributed by atoms with Crippen LogP contribution in [0.4, 0.5) is 0 Å². The first-order valence-electron chi connectivity index (χ1n) is 6.20. The Morgan fingerprint density at radius 2 is 2.16 bits per heavy atom. The normalized spacial score (nSPS) is 21.6. The molecule has 3 rings (SSSR count). The van der Waals surface area contributed by atoms with Crippen molar-refractivity contribution in [2.45, 2.75) is 25.6 Å². The number of hydrogen-bond donors (Lipinski definition) is 1. The van der Waals surface area contributed by atoms with E-state index in [2.05, 4.69) is 20.9 Å². The molecule has 1 aromatic heterocycles. The quantitative estimate of drug-likeness (QED) is 0.871. The van der Waals surface area contributed by atoms with Crippen LogP contribution in [-0.4, -0.2) is 10.1 Å². The maximum absolute atomic E-state index is 10.3. The van der Waals surface area contributed by atoms with Gasteiger partial charge in [0, 0.05) is 34.4 Å². The van der Waals surface area contributed by atoms with Crippen LogP contribution in [0.25, 0.3) is 0 Å². The predicted molar refractivity (Wildman–Crippen MR) is 76.1 cm³/mol. The molecule has 4 heteroatoms. The molecule has 1 aliphatic heterocycles. The summed E-state index contributed by atoms with van der Waals surface area (Å²) in [4.78, 5) is 4.15. The Kier molecular flexibility index (Phi) is 3.29. The van der Waals surface area contributed by atoms with Crippen LogP contribution >= 0.6 is 15.9 Å². The summed E-state index contributed by atoms with van der Waals surface area (Å²) >= 11 is 3.41. The molecule has 0 amide bonds. The minimum absolute atomic E-state index is 0.141. The Hall–Kier alpha value is -1.39. The van der Waals surface area contributed by atoms with E-state index in [1.807, 2.05) is 37.4 Å². The van der Waals surface area contributed by atoms with Gasteiger partial charge < -0.3 is 9.84 Å². The van der Waals surface area contributed by atoms with Gasteiger partial charge in [-0.05, 0) is 36.8 Å². The van der Waals surface area contributed by atoms with Gasteiger partial charge in [-0.15, -0.1) is 0 Å². The highest BCUT2D eigenvalue weighted by Gasteiger charge is 2.29. The third-order valence-electron chi connectivity index (χ3n) is 3.46. The number of aryl methyl sites for hydroxylation is 1. The molecule has 1 N–H and O–H groups in total. The van der Waals surface area contributed by atoms with Gasteiger partial charge in [-0.25, -0.2) is 0 Å². The molecule has 2 heterocycles. The zero-order valence-corrected chi connectivity index (χ0v) is 12.1. The van der Waals surface area contributed by atoms with Crippen molar-refractivity contribution in [3.63, 3.8) is 0 Å². The fourth-order valence-electron chi connectivity index (χ4n) is 2.42. The number of benzene rings is 1. The smallest absolute Gasteiger partial charge is 0.128 e. The monoisotopic (exact) mass is 319 g/mol. The first kappa shape index (κ1) is 12.6. The predicted octanol–water partition coefficient (Wildman–Crippen LogP) is 3.71. The van der Waals surface area contributed by atoms with E-state index in [1.54, 1.807) is 6.20 Å². The second-order valence-corrected chi connectivity index (χ2v) is 5.69. The zero-order valence-electron chi connectivity index (χ0n) is 10.5. The van der Waals surface area contributed by atoms with Gasteiger partial charge in [0.25, 0.3) is 0 Å². The maximum Gasteiger partial charge on any atom is 0.128 e. The summed E-state index contributed by atoms with van der Waals surface area (Å²) in [6.45, 7) is 2.03. The number of fused-ring (bicyclic) bond motifs is 1. The summed E-state index contributed by atoms with van der Waals surface area (Å²) in [6.07, 6.45) is 3.48. The van der Waals surface area contributed by atoms with Crippen molar-refractivity contribution in [2.75, 3.05) is 0 Å². The van der Waals surface area contributed by atoms with Crippen LogP contribution in [0.3, 0.4) is 0 Å². The molecule has 2 atom stereocenters. The Bertz CT molecular complexity index is 615. The molecule has 98 valence electrons. The van der Waals surface area contributed by atoms with Crippen LogP contribution in [0, 0.1) is 6.92 Å². The summed E-state index contributed by atoms with van der Waals surface area (Å²) in [7, 11) is 0. The molecule has 0 bridgehead atoms. The Morgan fingerprint density at radius 1 is 1.32 bits per heavy atom. The third kappa shape index (κ3) is 2.38. The highest BCUT2D eigenvalue weighted by atomic mass is 79.9. The van der Waals surface area contributed by atoms with Crippen LogP contribution in [0.2, 0.25) is 0 Å². The van der Waals surface area contributed by atoms with Gasteiger partial charge in [-0.1, -0.05) is 15.9 Å². The second kappa shape index (κ2) is 4.94. The average Bonchev–Trinajstić information content (AvgIpc) is 2.40. The lowest BCUT2D eigenvalue weighted by Gasteiger charge is -2.30. The lowest BCUT2D eigenvalue weighted by Crippen LogP contribution is -2.19. The molecule has 0 radical (unpaired) electrons. The number of ether oxygens (including phenoxy) is 1. The number of aliphatic hydroxyl groups excluding tert-OH is 1. The molecule has 1 aliphatic rings. The number of rotatable bonds is 1. The highest BCUT2D eigenvalue weighted by Crippen LogP contribution is 2.42. The molecule has 1 aromatic carbocycles. The lowest BCUT2D eigenvalue weighted by atomic mass is 9.94. The Balaban J connectivity index is 1.97. The molecule has 2 aromatic rings. The molecule has 19 heavy (non-hydrogen) atoms. The SMILES string of the molecule is Cc1ccncc1C1C[C@H](O)c2cc(Br)ccc2O1. The number of hydrogen-bond acceptors (Lipinski definition) is 3. The Morgan fingerprint density at radius 3 is 2.95 bits per heavy atom. The van der Waals surface area contributed by atoms with Crippen LogP contribution in [-0.2, 0) is 0 Å². The fourth-order valence-corrected chi connectivity index (χ4v) is 2.80. The molecule has 0 saturated carbocycles. The van der Waals surface area contributed by atoms with Crippen molar-refractivity contribution >= 4 is 15.9 Å². The van der Waals surface area contributed by atoms with E-state index >= 15 is 0 Å². The van der Waals surface area contributed by atoms with Crippen molar-refractivity contribution < 1.29 is 9.84 Å². The molecule has 0 aliphatic carbocycles. The van der Waals surface area contributed by atoms with Crippen LogP contribution < -0.4 is 4.74 Å². The molecule has 0 saturated heterocycles. The summed E-state index contributed by atoms with van der Waals surface area (Å²) in [5.41, 5.74) is 3.01. The summed E-state index contributed by atoms with van der Waals surface area (Å²) in [6, 6.07) is 7.68. The van der Waals surface area contributed by atoms with E-state index < -0.39 is 6.10 Å². The van der Waals surface area contributed by atoms with E-state index in [1.165, 1.54) is 0 Å². The van der Waals surface area contributed by atoms with Gasteiger partial charge in [0.2, 0.25) is 0 Å². The number of aliphatic hydroxyl groups is 1. The first-order valence-corrected chi connectivity index (χ1v) is 6.99. The summed E-state index contributed by atoms with van der Waals surface area (Å²) < 4.78 is 6.95. The van der Waals surface area contributed by atoms with Crippen molar-refractivity contribution in [3.8, 4) is 5.75 Å². The number of pyridine rings is 1. The molecule has 3 nitrogen and oxygen atoms in total. The van der Waals surface area contributed by atoms with Gasteiger partial charge in [0.15, 0.2) is 0 Å². The zero-order chi connectivity index (χ0) is 13.4. The second-order valence-electron chi connectivity index (χ2n) is 4.77. The van der Waals surface area contributed by atoms with Crippen molar-refractivity contribution in [1.29, 1.82) is 0 Å². The van der Waals surface area contributed by atoms with Crippen molar-refractivity contribution in [3.05, 3.63) is 57.8 Å². The van der Waals surface area contributed by atoms with Crippen LogP contribution in [0.1, 0.15) is 35.3 Å². The highest BCUT2D eigenvalue weighted by molar-refractivity contribution is 9.10. The van der Waals surface area contributed by atoms with Gasteiger partial charge in [-0.3, -0.25) is 4.98 Å². The van der Waals surface area contributed by atoms with E-state index in [4.69, 9.17) is 4.74 Å². The first-order chi connectivity index (χ1) is 9.15. The molecular weight excluding hydrogens is 306 g/mol. The van der Waals surface area contributed by atoms with Crippen molar-refractivity contribution in [2.24, 2.45) is 0 Å². The number of aromatic nitrogens is 1. The molecule has 0 fully saturated rings. The maximum atomic E-state index is 10.3. The van der Waals surface area contributed by atoms with E-state index in [9.17, 15) is 5.11 Å². The molecular formula is C15H14BrNO2. The fraction of sp³-hybridized carbons (Fsp3) is 0.267.